The summed E-state index contributed by atoms with van der Waals surface area (Å²) in [5.41, 5.74) is 0.646. The topological polar surface area (TPSA) is 12.0 Å². The Kier molecular flexibility index (Phi) is 1.76. The molecule has 0 saturated heterocycles. The molecule has 0 radical (unpaired) electrons. The fourth-order valence-electron chi connectivity index (χ4n) is 3.53. The van der Waals surface area contributed by atoms with E-state index < -0.39 is 0 Å². The van der Waals surface area contributed by atoms with E-state index in [1.165, 1.54) is 12.8 Å². The lowest BCUT2D eigenvalue weighted by Gasteiger charge is -2.62. The van der Waals surface area contributed by atoms with Crippen LogP contribution < -0.4 is 5.32 Å². The lowest BCUT2D eigenvalue weighted by Crippen LogP contribution is -2.59. The molecule has 0 heterocycles. The molecule has 3 aliphatic carbocycles. The normalized spacial score (nSPS) is 50.0. The molecule has 0 amide bonds. The average Bonchev–Trinajstić information content (AvgIpc) is 2.03. The Morgan fingerprint density at radius 1 is 1.25 bits per heavy atom. The fraction of sp³-hybridized carbons (Fsp3) is 1.00. The minimum atomic E-state index is 0.646. The first kappa shape index (κ1) is 8.55. The molecule has 2 bridgehead atoms. The van der Waals surface area contributed by atoms with Crippen LogP contribution in [0.4, 0.5) is 0 Å². The Labute approximate surface area is 75.9 Å². The molecule has 1 nitrogen and oxygen atoms in total. The molecule has 3 saturated carbocycles. The molecule has 0 unspecified atom stereocenters. The third-order valence-corrected chi connectivity index (χ3v) is 4.72. The summed E-state index contributed by atoms with van der Waals surface area (Å²) in [5, 5.41) is 3.45. The Bertz CT molecular complexity index is 185. The van der Waals surface area contributed by atoms with Crippen molar-refractivity contribution in [3.63, 3.8) is 0 Å². The minimum absolute atomic E-state index is 0.646. The second-order valence-corrected chi connectivity index (χ2v) is 5.35. The van der Waals surface area contributed by atoms with Crippen LogP contribution >= 0.6 is 0 Å². The van der Waals surface area contributed by atoms with Crippen molar-refractivity contribution >= 4 is 0 Å². The zero-order valence-electron chi connectivity index (χ0n) is 8.72. The van der Waals surface area contributed by atoms with Gasteiger partial charge in [-0.05, 0) is 43.1 Å². The van der Waals surface area contributed by atoms with E-state index in [1.807, 2.05) is 0 Å². The molecule has 3 rings (SSSR count). The third-order valence-electron chi connectivity index (χ3n) is 4.72. The van der Waals surface area contributed by atoms with Crippen molar-refractivity contribution in [2.75, 3.05) is 7.05 Å². The molecule has 1 N–H and O–H groups in total. The highest BCUT2D eigenvalue weighted by molar-refractivity contribution is 5.06. The summed E-state index contributed by atoms with van der Waals surface area (Å²) < 4.78 is 0. The van der Waals surface area contributed by atoms with Crippen LogP contribution in [0.1, 0.15) is 33.6 Å². The van der Waals surface area contributed by atoms with Gasteiger partial charge in [-0.15, -0.1) is 0 Å². The molecule has 70 valence electrons. The van der Waals surface area contributed by atoms with Crippen LogP contribution in [0.3, 0.4) is 0 Å². The van der Waals surface area contributed by atoms with Gasteiger partial charge in [0.05, 0.1) is 0 Å². The first-order valence-electron chi connectivity index (χ1n) is 5.24. The maximum Gasteiger partial charge on any atom is 0.00953 e. The van der Waals surface area contributed by atoms with Gasteiger partial charge in [-0.3, -0.25) is 0 Å². The predicted molar refractivity (Wildman–Crippen MR) is 52.0 cm³/mol. The lowest BCUT2D eigenvalue weighted by atomic mass is 9.45. The molecule has 0 aromatic rings. The molecule has 1 heteroatoms. The van der Waals surface area contributed by atoms with Crippen LogP contribution in [0.2, 0.25) is 0 Å². The molecular weight excluding hydrogens is 146 g/mol. The smallest absolute Gasteiger partial charge is 0.00953 e. The summed E-state index contributed by atoms with van der Waals surface area (Å²) in [7, 11) is 2.11. The van der Waals surface area contributed by atoms with Gasteiger partial charge in [-0.2, -0.15) is 0 Å². The van der Waals surface area contributed by atoms with Gasteiger partial charge in [0.1, 0.15) is 0 Å². The van der Waals surface area contributed by atoms with Gasteiger partial charge in [0.15, 0.2) is 0 Å². The van der Waals surface area contributed by atoms with Crippen LogP contribution in [-0.2, 0) is 0 Å². The molecule has 3 aliphatic rings. The first-order valence-corrected chi connectivity index (χ1v) is 5.24. The van der Waals surface area contributed by atoms with E-state index in [0.717, 1.165) is 23.8 Å². The molecule has 3 fully saturated rings. The SMILES string of the molecule is CN[C@@H]1C[C@H]2C[C@@H]([C@@H]1C)C2(C)C. The van der Waals surface area contributed by atoms with Crippen LogP contribution in [0, 0.1) is 23.2 Å². The lowest BCUT2D eigenvalue weighted by molar-refractivity contribution is -0.113. The number of rotatable bonds is 1. The molecule has 4 atom stereocenters. The van der Waals surface area contributed by atoms with Gasteiger partial charge in [0.2, 0.25) is 0 Å². The van der Waals surface area contributed by atoms with Crippen molar-refractivity contribution in [2.45, 2.75) is 39.7 Å². The molecule has 0 aromatic heterocycles. The largest absolute Gasteiger partial charge is 0.317 e. The molecule has 0 aromatic carbocycles. The summed E-state index contributed by atoms with van der Waals surface area (Å²) in [6, 6.07) is 0.793. The number of hydrogen-bond acceptors (Lipinski definition) is 1. The van der Waals surface area contributed by atoms with Gasteiger partial charge < -0.3 is 5.32 Å². The van der Waals surface area contributed by atoms with Crippen molar-refractivity contribution in [3.05, 3.63) is 0 Å². The Morgan fingerprint density at radius 3 is 2.33 bits per heavy atom. The van der Waals surface area contributed by atoms with Crippen LogP contribution in [0.15, 0.2) is 0 Å². The number of fused-ring (bicyclic) bond motifs is 2. The van der Waals surface area contributed by atoms with Crippen molar-refractivity contribution in [1.29, 1.82) is 0 Å². The van der Waals surface area contributed by atoms with E-state index in [2.05, 4.69) is 33.1 Å². The van der Waals surface area contributed by atoms with Gasteiger partial charge >= 0.3 is 0 Å². The summed E-state index contributed by atoms with van der Waals surface area (Å²) in [5.74, 6) is 2.86. The van der Waals surface area contributed by atoms with E-state index in [9.17, 15) is 0 Å². The zero-order chi connectivity index (χ0) is 8.93. The summed E-state index contributed by atoms with van der Waals surface area (Å²) in [4.78, 5) is 0. The summed E-state index contributed by atoms with van der Waals surface area (Å²) in [6.07, 6.45) is 2.90. The van der Waals surface area contributed by atoms with Gasteiger partial charge in [0, 0.05) is 6.04 Å². The number of hydrogen-bond donors (Lipinski definition) is 1. The highest BCUT2D eigenvalue weighted by Crippen LogP contribution is 2.61. The summed E-state index contributed by atoms with van der Waals surface area (Å²) in [6.45, 7) is 7.32. The van der Waals surface area contributed by atoms with Gasteiger partial charge in [-0.1, -0.05) is 20.8 Å². The Hall–Kier alpha value is -0.0400. The van der Waals surface area contributed by atoms with E-state index >= 15 is 0 Å². The van der Waals surface area contributed by atoms with Crippen molar-refractivity contribution < 1.29 is 0 Å². The third kappa shape index (κ3) is 0.891. The molecule has 0 aliphatic heterocycles. The maximum atomic E-state index is 3.45. The van der Waals surface area contributed by atoms with Crippen LogP contribution in [0.5, 0.6) is 0 Å². The Morgan fingerprint density at radius 2 is 1.92 bits per heavy atom. The van der Waals surface area contributed by atoms with E-state index in [1.54, 1.807) is 0 Å². The predicted octanol–water partition coefficient (Wildman–Crippen LogP) is 2.28. The molecule has 12 heavy (non-hydrogen) atoms. The van der Waals surface area contributed by atoms with E-state index in [-0.39, 0.29) is 0 Å². The van der Waals surface area contributed by atoms with Crippen molar-refractivity contribution in [3.8, 4) is 0 Å². The van der Waals surface area contributed by atoms with E-state index in [0.29, 0.717) is 5.41 Å². The number of nitrogens with one attached hydrogen (secondary N) is 1. The highest BCUT2D eigenvalue weighted by atomic mass is 14.9. The van der Waals surface area contributed by atoms with E-state index in [4.69, 9.17) is 0 Å². The molecule has 0 spiro atoms. The maximum absolute atomic E-state index is 3.45. The summed E-state index contributed by atoms with van der Waals surface area (Å²) >= 11 is 0. The van der Waals surface area contributed by atoms with Crippen LogP contribution in [0.25, 0.3) is 0 Å². The average molecular weight is 167 g/mol. The Balaban J connectivity index is 2.11. The first-order chi connectivity index (χ1) is 5.57. The second-order valence-electron chi connectivity index (χ2n) is 5.35. The molecular formula is C11H21N. The minimum Gasteiger partial charge on any atom is -0.317 e. The van der Waals surface area contributed by atoms with Crippen molar-refractivity contribution in [1.82, 2.24) is 5.32 Å². The standard InChI is InChI=1S/C11H21N/c1-7-9-5-8(11(9,2)3)6-10(7)12-4/h7-10,12H,5-6H2,1-4H3/t7-,8+,9-,10+/m0/s1. The second kappa shape index (κ2) is 2.47. The van der Waals surface area contributed by atoms with Crippen molar-refractivity contribution in [2.24, 2.45) is 23.2 Å². The highest BCUT2D eigenvalue weighted by Gasteiger charge is 2.55. The monoisotopic (exact) mass is 167 g/mol. The van der Waals surface area contributed by atoms with Gasteiger partial charge in [-0.25, -0.2) is 0 Å². The fourth-order valence-corrected chi connectivity index (χ4v) is 3.53. The quantitative estimate of drug-likeness (QED) is 0.632. The van der Waals surface area contributed by atoms with Gasteiger partial charge in [0.25, 0.3) is 0 Å². The van der Waals surface area contributed by atoms with Crippen LogP contribution in [-0.4, -0.2) is 13.1 Å². The zero-order valence-corrected chi connectivity index (χ0v) is 8.72.